The SMILES string of the molecule is CCc1c(N2CCN(C(=O)c3ncnc(C)c3O)CC2)c(=O)n2nc(-c3cccc4c3OCO4)nc2n1CC(=O)Nc1ccc(SC(F)(F)F)cc1Cl. The smallest absolute Gasteiger partial charge is 0.446 e. The third-order valence-corrected chi connectivity index (χ3v) is 9.67. The monoisotopic (exact) mass is 771 g/mol. The molecule has 2 aliphatic heterocycles. The summed E-state index contributed by atoms with van der Waals surface area (Å²) in [6.45, 7) is 3.76. The topological polar surface area (TPSA) is 169 Å². The molecule has 1 fully saturated rings. The number of nitrogens with zero attached hydrogens (tertiary/aromatic N) is 8. The molecule has 3 aromatic heterocycles. The Morgan fingerprint density at radius 3 is 2.58 bits per heavy atom. The molecule has 276 valence electrons. The van der Waals surface area contributed by atoms with Crippen LogP contribution >= 0.6 is 23.4 Å². The van der Waals surface area contributed by atoms with Gasteiger partial charge in [0, 0.05) is 31.1 Å². The number of rotatable bonds is 8. The van der Waals surface area contributed by atoms with Crippen LogP contribution in [0.5, 0.6) is 17.2 Å². The summed E-state index contributed by atoms with van der Waals surface area (Å²) in [5.41, 5.74) is -3.67. The molecule has 5 aromatic rings. The molecular formula is C33H29ClF3N9O6S. The molecule has 15 nitrogen and oxygen atoms in total. The van der Waals surface area contributed by atoms with E-state index in [0.717, 1.165) is 10.6 Å². The number of carbonyl (C=O) groups excluding carboxylic acids is 2. The lowest BCUT2D eigenvalue weighted by molar-refractivity contribution is -0.116. The van der Waals surface area contributed by atoms with Gasteiger partial charge in [-0.1, -0.05) is 24.6 Å². The van der Waals surface area contributed by atoms with Gasteiger partial charge in [-0.3, -0.25) is 14.4 Å². The molecule has 0 spiro atoms. The largest absolute Gasteiger partial charge is 0.504 e. The molecule has 53 heavy (non-hydrogen) atoms. The Morgan fingerprint density at radius 1 is 1.09 bits per heavy atom. The van der Waals surface area contributed by atoms with Gasteiger partial charge in [-0.2, -0.15) is 22.7 Å². The molecule has 0 atom stereocenters. The molecule has 0 bridgehead atoms. The van der Waals surface area contributed by atoms with Crippen molar-refractivity contribution in [3.05, 3.63) is 75.2 Å². The third-order valence-electron chi connectivity index (χ3n) is 8.64. The predicted molar refractivity (Wildman–Crippen MR) is 187 cm³/mol. The summed E-state index contributed by atoms with van der Waals surface area (Å²) in [4.78, 5) is 56.9. The average molecular weight is 772 g/mol. The number of anilines is 2. The van der Waals surface area contributed by atoms with Crippen LogP contribution in [0.15, 0.2) is 52.4 Å². The van der Waals surface area contributed by atoms with Crippen molar-refractivity contribution in [2.24, 2.45) is 0 Å². The highest BCUT2D eigenvalue weighted by atomic mass is 35.5. The van der Waals surface area contributed by atoms with Crippen molar-refractivity contribution >= 4 is 52.3 Å². The maximum atomic E-state index is 14.3. The fourth-order valence-corrected chi connectivity index (χ4v) is 7.06. The van der Waals surface area contributed by atoms with Gasteiger partial charge in [0.2, 0.25) is 18.5 Å². The number of thioether (sulfide) groups is 1. The lowest BCUT2D eigenvalue weighted by Crippen LogP contribution is -2.51. The molecule has 20 heteroatoms. The number of piperazine rings is 1. The lowest BCUT2D eigenvalue weighted by Gasteiger charge is -2.36. The van der Waals surface area contributed by atoms with Crippen LogP contribution < -0.4 is 25.2 Å². The number of aryl methyl sites for hydroxylation is 1. The second kappa shape index (κ2) is 14.1. The Morgan fingerprint density at radius 2 is 1.87 bits per heavy atom. The summed E-state index contributed by atoms with van der Waals surface area (Å²) in [5.74, 6) is -0.354. The second-order valence-electron chi connectivity index (χ2n) is 11.9. The van der Waals surface area contributed by atoms with Crippen molar-refractivity contribution < 1.29 is 37.3 Å². The maximum absolute atomic E-state index is 14.3. The summed E-state index contributed by atoms with van der Waals surface area (Å²) in [7, 11) is 0. The Hall–Kier alpha value is -5.56. The van der Waals surface area contributed by atoms with E-state index in [1.807, 2.05) is 6.92 Å². The first-order valence-electron chi connectivity index (χ1n) is 16.1. The number of aromatic hydroxyl groups is 1. The first-order chi connectivity index (χ1) is 25.3. The molecule has 0 radical (unpaired) electrons. The van der Waals surface area contributed by atoms with Gasteiger partial charge in [-0.25, -0.2) is 9.97 Å². The fourth-order valence-electron chi connectivity index (χ4n) is 6.18. The molecule has 1 saturated heterocycles. The highest BCUT2D eigenvalue weighted by Crippen LogP contribution is 2.41. The van der Waals surface area contributed by atoms with E-state index in [9.17, 15) is 32.7 Å². The minimum Gasteiger partial charge on any atom is -0.504 e. The van der Waals surface area contributed by atoms with E-state index < -0.39 is 22.9 Å². The van der Waals surface area contributed by atoms with Crippen LogP contribution in [0.1, 0.15) is 28.8 Å². The summed E-state index contributed by atoms with van der Waals surface area (Å²) in [6.07, 6.45) is 1.47. The zero-order valence-electron chi connectivity index (χ0n) is 28.0. The standard InChI is InChI=1S/C33H29ClF3N9O6S/c1-3-22-26(43-9-11-44(12-10-43)30(49)25-27(48)17(2)38-15-39-25)31(50)46-32(41-29(42-46)19-5-4-6-23-28(19)52-16-51-23)45(22)14-24(47)40-21-8-7-18(13-20(21)34)53-33(35,36)37/h4-8,13,15,48H,3,9-12,14,16H2,1-2H3,(H,40,47). The first-order valence-corrected chi connectivity index (χ1v) is 17.3. The van der Waals surface area contributed by atoms with Crippen LogP contribution in [0.4, 0.5) is 24.5 Å². The summed E-state index contributed by atoms with van der Waals surface area (Å²) in [6, 6.07) is 8.73. The predicted octanol–water partition coefficient (Wildman–Crippen LogP) is 4.52. The van der Waals surface area contributed by atoms with Crippen molar-refractivity contribution in [3.8, 4) is 28.6 Å². The number of fused-ring (bicyclic) bond motifs is 2. The van der Waals surface area contributed by atoms with Gasteiger partial charge in [-0.15, -0.1) is 5.10 Å². The molecule has 5 heterocycles. The first kappa shape index (κ1) is 35.8. The van der Waals surface area contributed by atoms with E-state index in [1.54, 1.807) is 34.6 Å². The Kier molecular flexibility index (Phi) is 9.54. The van der Waals surface area contributed by atoms with Crippen molar-refractivity contribution in [1.29, 1.82) is 0 Å². The number of carbonyl (C=O) groups is 2. The van der Waals surface area contributed by atoms with Gasteiger partial charge in [0.15, 0.2) is 28.8 Å². The van der Waals surface area contributed by atoms with E-state index in [0.29, 0.717) is 22.8 Å². The molecule has 0 aliphatic carbocycles. The van der Waals surface area contributed by atoms with E-state index in [2.05, 4.69) is 25.4 Å². The third kappa shape index (κ3) is 7.00. The number of nitrogens with one attached hydrogen (secondary N) is 1. The number of aromatic nitrogens is 6. The fraction of sp³-hybridized carbons (Fsp3) is 0.303. The van der Waals surface area contributed by atoms with Crippen molar-refractivity contribution in [1.82, 2.24) is 34.0 Å². The zero-order chi connectivity index (χ0) is 37.6. The minimum atomic E-state index is -4.52. The van der Waals surface area contributed by atoms with Crippen LogP contribution in [-0.2, 0) is 17.8 Å². The number of halogens is 4. The molecule has 2 aliphatic rings. The van der Waals surface area contributed by atoms with E-state index >= 15 is 0 Å². The van der Waals surface area contributed by atoms with Gasteiger partial charge in [0.05, 0.1) is 27.7 Å². The van der Waals surface area contributed by atoms with Crippen LogP contribution in [0, 0.1) is 6.92 Å². The van der Waals surface area contributed by atoms with Gasteiger partial charge in [0.1, 0.15) is 18.6 Å². The zero-order valence-corrected chi connectivity index (χ0v) is 29.5. The van der Waals surface area contributed by atoms with Gasteiger partial charge in [-0.05, 0) is 55.4 Å². The Bertz CT molecular complexity index is 2330. The number of hydrogen-bond donors (Lipinski definition) is 2. The van der Waals surface area contributed by atoms with Crippen LogP contribution in [0.25, 0.3) is 17.2 Å². The summed E-state index contributed by atoms with van der Waals surface area (Å²) >= 11 is 5.93. The molecule has 7 rings (SSSR count). The van der Waals surface area contributed by atoms with Crippen molar-refractivity contribution in [3.63, 3.8) is 0 Å². The normalized spacial score (nSPS) is 14.2. The van der Waals surface area contributed by atoms with Crippen molar-refractivity contribution in [2.45, 2.75) is 37.2 Å². The second-order valence-corrected chi connectivity index (χ2v) is 13.4. The van der Waals surface area contributed by atoms with E-state index in [-0.39, 0.29) is 108 Å². The Balaban J connectivity index is 1.25. The van der Waals surface area contributed by atoms with Gasteiger partial charge < -0.3 is 34.3 Å². The molecule has 2 aromatic carbocycles. The highest BCUT2D eigenvalue weighted by molar-refractivity contribution is 8.00. The average Bonchev–Trinajstić information content (AvgIpc) is 3.79. The minimum absolute atomic E-state index is 0.0137. The molecule has 0 unspecified atom stereocenters. The number of alkyl halides is 3. The number of ether oxygens (including phenoxy) is 2. The number of benzene rings is 2. The van der Waals surface area contributed by atoms with Gasteiger partial charge in [0.25, 0.3) is 11.5 Å². The molecular weight excluding hydrogens is 743 g/mol. The molecule has 0 saturated carbocycles. The van der Waals surface area contributed by atoms with E-state index in [1.165, 1.54) is 23.4 Å². The van der Waals surface area contributed by atoms with Crippen LogP contribution in [0.2, 0.25) is 5.02 Å². The molecule has 2 N–H and O–H groups in total. The molecule has 2 amide bonds. The number of para-hydroxylation sites is 1. The Labute approximate surface area is 307 Å². The highest BCUT2D eigenvalue weighted by Gasteiger charge is 2.32. The van der Waals surface area contributed by atoms with Crippen LogP contribution in [0.3, 0.4) is 0 Å². The van der Waals surface area contributed by atoms with Crippen LogP contribution in [-0.4, -0.2) is 89.4 Å². The quantitative estimate of drug-likeness (QED) is 0.212. The summed E-state index contributed by atoms with van der Waals surface area (Å²) in [5, 5.41) is 17.5. The summed E-state index contributed by atoms with van der Waals surface area (Å²) < 4.78 is 52.5. The van der Waals surface area contributed by atoms with E-state index in [4.69, 9.17) is 21.1 Å². The number of hydrogen-bond acceptors (Lipinski definition) is 12. The maximum Gasteiger partial charge on any atom is 0.446 e. The number of amides is 2. The lowest BCUT2D eigenvalue weighted by atomic mass is 10.2. The van der Waals surface area contributed by atoms with Crippen molar-refractivity contribution in [2.75, 3.05) is 43.2 Å². The van der Waals surface area contributed by atoms with Gasteiger partial charge >= 0.3 is 5.51 Å².